The first-order valence-electron chi connectivity index (χ1n) is 9.61. The summed E-state index contributed by atoms with van der Waals surface area (Å²) in [5.41, 5.74) is 1.33. The molecule has 29 heavy (non-hydrogen) atoms. The lowest BCUT2D eigenvalue weighted by Crippen LogP contribution is -2.40. The molecule has 0 saturated carbocycles. The molecule has 1 aliphatic carbocycles. The molecule has 6 heteroatoms. The van der Waals surface area contributed by atoms with Gasteiger partial charge in [0.05, 0.1) is 5.41 Å². The van der Waals surface area contributed by atoms with Crippen molar-refractivity contribution in [3.05, 3.63) is 65.2 Å². The van der Waals surface area contributed by atoms with Crippen molar-refractivity contribution in [1.29, 1.82) is 0 Å². The number of nitrogens with one attached hydrogen (secondary N) is 2. The highest BCUT2D eigenvalue weighted by Crippen LogP contribution is 2.40. The Bertz CT molecular complexity index is 934. The van der Waals surface area contributed by atoms with E-state index in [1.54, 1.807) is 24.3 Å². The quantitative estimate of drug-likeness (QED) is 0.724. The molecule has 0 saturated heterocycles. The highest BCUT2D eigenvalue weighted by atomic mass is 16.4. The molecule has 0 aromatic heterocycles. The summed E-state index contributed by atoms with van der Waals surface area (Å²) >= 11 is 0. The minimum atomic E-state index is -1.14. The van der Waals surface area contributed by atoms with Crippen LogP contribution in [-0.2, 0) is 22.4 Å². The van der Waals surface area contributed by atoms with E-state index < -0.39 is 11.4 Å². The molecule has 1 aliphatic rings. The lowest BCUT2D eigenvalue weighted by Gasteiger charge is -2.23. The molecule has 3 N–H and O–H groups in total. The maximum atomic E-state index is 12.7. The van der Waals surface area contributed by atoms with E-state index in [2.05, 4.69) is 10.6 Å². The first-order chi connectivity index (χ1) is 13.6. The summed E-state index contributed by atoms with van der Waals surface area (Å²) in [6.07, 6.45) is 0.537. The molecular weight excluding hydrogens is 368 g/mol. The number of anilines is 1. The van der Waals surface area contributed by atoms with Gasteiger partial charge in [-0.2, -0.15) is 0 Å². The predicted molar refractivity (Wildman–Crippen MR) is 111 cm³/mol. The smallest absolute Gasteiger partial charge is 0.310 e. The van der Waals surface area contributed by atoms with E-state index in [1.165, 1.54) is 0 Å². The second-order valence-corrected chi connectivity index (χ2v) is 8.72. The Hall–Kier alpha value is -3.15. The maximum absolute atomic E-state index is 12.7. The van der Waals surface area contributed by atoms with E-state index in [0.29, 0.717) is 24.1 Å². The Morgan fingerprint density at radius 3 is 2.17 bits per heavy atom. The minimum Gasteiger partial charge on any atom is -0.481 e. The van der Waals surface area contributed by atoms with Crippen LogP contribution in [0.4, 0.5) is 5.69 Å². The van der Waals surface area contributed by atoms with Crippen molar-refractivity contribution in [2.45, 2.75) is 45.6 Å². The minimum absolute atomic E-state index is 0.130. The SMILES string of the molecule is CC(C)(C)NC(=O)c1cccc(NC(=O)CC2(C(=O)O)Cc3ccccc3C2)c1. The topological polar surface area (TPSA) is 95.5 Å². The third kappa shape index (κ3) is 4.83. The first kappa shape index (κ1) is 20.6. The standard InChI is InChI=1S/C23H26N2O4/c1-22(2,3)25-20(27)15-9-6-10-18(11-15)24-19(26)14-23(21(28)29)12-16-7-4-5-8-17(16)13-23/h4-11H,12-14H2,1-3H3,(H,24,26)(H,25,27)(H,28,29). The van der Waals surface area contributed by atoms with Gasteiger partial charge in [0.1, 0.15) is 0 Å². The van der Waals surface area contributed by atoms with Gasteiger partial charge in [-0.25, -0.2) is 0 Å². The van der Waals surface area contributed by atoms with E-state index in [-0.39, 0.29) is 23.8 Å². The Morgan fingerprint density at radius 2 is 1.62 bits per heavy atom. The Balaban J connectivity index is 1.71. The van der Waals surface area contributed by atoms with Crippen molar-refractivity contribution in [2.24, 2.45) is 5.41 Å². The van der Waals surface area contributed by atoms with Crippen LogP contribution in [0.25, 0.3) is 0 Å². The van der Waals surface area contributed by atoms with Gasteiger partial charge in [-0.05, 0) is 62.9 Å². The van der Waals surface area contributed by atoms with Crippen molar-refractivity contribution in [2.75, 3.05) is 5.32 Å². The van der Waals surface area contributed by atoms with Crippen LogP contribution in [0, 0.1) is 5.41 Å². The maximum Gasteiger partial charge on any atom is 0.310 e. The van der Waals surface area contributed by atoms with Crippen molar-refractivity contribution < 1.29 is 19.5 Å². The van der Waals surface area contributed by atoms with Crippen LogP contribution in [0.3, 0.4) is 0 Å². The van der Waals surface area contributed by atoms with Crippen LogP contribution < -0.4 is 10.6 Å². The monoisotopic (exact) mass is 394 g/mol. The van der Waals surface area contributed by atoms with Crippen LogP contribution in [0.2, 0.25) is 0 Å². The van der Waals surface area contributed by atoms with E-state index >= 15 is 0 Å². The van der Waals surface area contributed by atoms with E-state index in [1.807, 2.05) is 45.0 Å². The van der Waals surface area contributed by atoms with Crippen LogP contribution in [0.5, 0.6) is 0 Å². The van der Waals surface area contributed by atoms with E-state index in [0.717, 1.165) is 11.1 Å². The number of amides is 2. The summed E-state index contributed by atoms with van der Waals surface area (Å²) in [5, 5.41) is 15.5. The number of carboxylic acids is 1. The number of fused-ring (bicyclic) bond motifs is 1. The fourth-order valence-electron chi connectivity index (χ4n) is 3.71. The molecule has 2 aromatic rings. The van der Waals surface area contributed by atoms with Gasteiger partial charge in [0.25, 0.3) is 5.91 Å². The van der Waals surface area contributed by atoms with Gasteiger partial charge in [0.15, 0.2) is 0 Å². The largest absolute Gasteiger partial charge is 0.481 e. The number of hydrogen-bond donors (Lipinski definition) is 3. The summed E-state index contributed by atoms with van der Waals surface area (Å²) in [4.78, 5) is 37.0. The van der Waals surface area contributed by atoms with Gasteiger partial charge in [-0.3, -0.25) is 14.4 Å². The number of carboxylic acid groups (broad SMARTS) is 1. The Labute approximate surface area is 170 Å². The zero-order chi connectivity index (χ0) is 21.2. The van der Waals surface area contributed by atoms with Gasteiger partial charge in [0.2, 0.25) is 5.91 Å². The lowest BCUT2D eigenvalue weighted by molar-refractivity contribution is -0.150. The molecule has 0 aliphatic heterocycles. The van der Waals surface area contributed by atoms with Crippen molar-refractivity contribution >= 4 is 23.5 Å². The molecule has 0 radical (unpaired) electrons. The van der Waals surface area contributed by atoms with Crippen molar-refractivity contribution in [1.82, 2.24) is 5.32 Å². The third-order valence-corrected chi connectivity index (χ3v) is 5.03. The second kappa shape index (κ2) is 7.70. The van der Waals surface area contributed by atoms with Crippen LogP contribution in [0.1, 0.15) is 48.7 Å². The zero-order valence-corrected chi connectivity index (χ0v) is 16.9. The van der Waals surface area contributed by atoms with Gasteiger partial charge in [0, 0.05) is 23.2 Å². The molecule has 6 nitrogen and oxygen atoms in total. The molecule has 152 valence electrons. The number of aliphatic carboxylic acids is 1. The lowest BCUT2D eigenvalue weighted by atomic mass is 9.81. The summed E-state index contributed by atoms with van der Waals surface area (Å²) in [7, 11) is 0. The van der Waals surface area contributed by atoms with Gasteiger partial charge in [-0.1, -0.05) is 30.3 Å². The fraction of sp³-hybridized carbons (Fsp3) is 0.348. The van der Waals surface area contributed by atoms with Crippen LogP contribution in [-0.4, -0.2) is 28.4 Å². The van der Waals surface area contributed by atoms with Gasteiger partial charge in [-0.15, -0.1) is 0 Å². The first-order valence-corrected chi connectivity index (χ1v) is 9.61. The molecular formula is C23H26N2O4. The highest BCUT2D eigenvalue weighted by molar-refractivity contribution is 5.98. The average Bonchev–Trinajstić information content (AvgIpc) is 2.99. The Kier molecular flexibility index (Phi) is 5.46. The van der Waals surface area contributed by atoms with E-state index in [4.69, 9.17) is 0 Å². The number of rotatable bonds is 5. The molecule has 0 heterocycles. The highest BCUT2D eigenvalue weighted by Gasteiger charge is 2.45. The predicted octanol–water partition coefficient (Wildman–Crippen LogP) is 3.41. The fourth-order valence-corrected chi connectivity index (χ4v) is 3.71. The summed E-state index contributed by atoms with van der Waals surface area (Å²) in [5.74, 6) is -1.59. The molecule has 2 aromatic carbocycles. The van der Waals surface area contributed by atoms with Crippen molar-refractivity contribution in [3.63, 3.8) is 0 Å². The average molecular weight is 394 g/mol. The summed E-state index contributed by atoms with van der Waals surface area (Å²) < 4.78 is 0. The molecule has 0 atom stereocenters. The Morgan fingerprint density at radius 1 is 1.00 bits per heavy atom. The van der Waals surface area contributed by atoms with Crippen LogP contribution in [0.15, 0.2) is 48.5 Å². The van der Waals surface area contributed by atoms with Crippen molar-refractivity contribution in [3.8, 4) is 0 Å². The molecule has 0 fully saturated rings. The summed E-state index contributed by atoms with van der Waals surface area (Å²) in [6, 6.07) is 14.2. The number of benzene rings is 2. The molecule has 0 bridgehead atoms. The number of carbonyl (C=O) groups excluding carboxylic acids is 2. The van der Waals surface area contributed by atoms with Gasteiger partial charge >= 0.3 is 5.97 Å². The normalized spacial score (nSPS) is 14.7. The number of hydrogen-bond acceptors (Lipinski definition) is 3. The second-order valence-electron chi connectivity index (χ2n) is 8.72. The summed E-state index contributed by atoms with van der Waals surface area (Å²) in [6.45, 7) is 5.67. The van der Waals surface area contributed by atoms with E-state index in [9.17, 15) is 19.5 Å². The molecule has 2 amide bonds. The molecule has 3 rings (SSSR count). The molecule has 0 unspecified atom stereocenters. The number of carbonyl (C=O) groups is 3. The van der Waals surface area contributed by atoms with Gasteiger partial charge < -0.3 is 15.7 Å². The molecule has 0 spiro atoms. The zero-order valence-electron chi connectivity index (χ0n) is 16.9. The third-order valence-electron chi connectivity index (χ3n) is 5.03. The van der Waals surface area contributed by atoms with Crippen LogP contribution >= 0.6 is 0 Å².